The number of benzene rings is 2. The van der Waals surface area contributed by atoms with Crippen LogP contribution in [0.25, 0.3) is 0 Å². The fraction of sp³-hybridized carbons (Fsp3) is 0. The third kappa shape index (κ3) is 3.79. The maximum Gasteiger partial charge on any atom is 0.184 e. The van der Waals surface area contributed by atoms with Crippen molar-refractivity contribution in [2.75, 3.05) is 0 Å². The first kappa shape index (κ1) is 14.5. The van der Waals surface area contributed by atoms with Crippen LogP contribution in [-0.4, -0.2) is 15.9 Å². The first-order valence-corrected chi connectivity index (χ1v) is 6.95. The van der Waals surface area contributed by atoms with Gasteiger partial charge in [-0.1, -0.05) is 40.2 Å². The van der Waals surface area contributed by atoms with Gasteiger partial charge in [0.2, 0.25) is 0 Å². The number of nitrogens with zero attached hydrogens (tertiary/aromatic N) is 1. The fourth-order valence-electron chi connectivity index (χ4n) is 1.70. The molecule has 2 aromatic rings. The van der Waals surface area contributed by atoms with E-state index in [2.05, 4.69) is 26.5 Å². The minimum absolute atomic E-state index is 0.0812. The lowest BCUT2D eigenvalue weighted by Crippen LogP contribution is -2.26. The van der Waals surface area contributed by atoms with Crippen molar-refractivity contribution in [1.82, 2.24) is 5.43 Å². The lowest BCUT2D eigenvalue weighted by Gasteiger charge is -2.08. The third-order valence-electron chi connectivity index (χ3n) is 2.50. The Balaban J connectivity index is 2.50. The molecule has 0 saturated heterocycles. The van der Waals surface area contributed by atoms with E-state index in [4.69, 9.17) is 18.0 Å². The van der Waals surface area contributed by atoms with Crippen LogP contribution < -0.4 is 11.2 Å². The molecule has 0 amide bonds. The number of nitrogens with two attached hydrogens (primary N) is 1. The van der Waals surface area contributed by atoms with Gasteiger partial charge < -0.3 is 10.8 Å². The highest BCUT2D eigenvalue weighted by Gasteiger charge is 2.08. The number of rotatable bonds is 3. The summed E-state index contributed by atoms with van der Waals surface area (Å²) >= 11 is 8.19. The third-order valence-corrected chi connectivity index (χ3v) is 3.08. The number of halogens is 1. The Morgan fingerprint density at radius 1 is 1.15 bits per heavy atom. The predicted molar refractivity (Wildman–Crippen MR) is 87.8 cm³/mol. The van der Waals surface area contributed by atoms with Gasteiger partial charge in [0.1, 0.15) is 5.75 Å². The molecule has 0 aromatic heterocycles. The molecule has 0 aliphatic carbocycles. The van der Waals surface area contributed by atoms with Crippen molar-refractivity contribution >= 4 is 39.0 Å². The van der Waals surface area contributed by atoms with Crippen molar-refractivity contribution < 1.29 is 5.11 Å². The monoisotopic (exact) mass is 349 g/mol. The van der Waals surface area contributed by atoms with Crippen LogP contribution in [-0.2, 0) is 0 Å². The van der Waals surface area contributed by atoms with Crippen LogP contribution in [0.15, 0.2) is 58.1 Å². The van der Waals surface area contributed by atoms with Crippen molar-refractivity contribution in [3.8, 4) is 5.75 Å². The summed E-state index contributed by atoms with van der Waals surface area (Å²) in [6, 6.07) is 14.5. The highest BCUT2D eigenvalue weighted by molar-refractivity contribution is 9.10. The topological polar surface area (TPSA) is 70.6 Å². The van der Waals surface area contributed by atoms with Gasteiger partial charge in [0.15, 0.2) is 5.11 Å². The first-order valence-electron chi connectivity index (χ1n) is 5.75. The van der Waals surface area contributed by atoms with Gasteiger partial charge in [-0.3, -0.25) is 5.43 Å². The zero-order chi connectivity index (χ0) is 14.5. The smallest absolute Gasteiger partial charge is 0.184 e. The molecule has 0 radical (unpaired) electrons. The lowest BCUT2D eigenvalue weighted by molar-refractivity contribution is 0.475. The van der Waals surface area contributed by atoms with E-state index in [-0.39, 0.29) is 10.9 Å². The number of hydrogen-bond donors (Lipinski definition) is 3. The molecule has 2 rings (SSSR count). The number of phenols is 1. The van der Waals surface area contributed by atoms with E-state index in [1.807, 2.05) is 30.3 Å². The number of nitrogens with one attached hydrogen (secondary N) is 1. The van der Waals surface area contributed by atoms with Crippen LogP contribution >= 0.6 is 28.1 Å². The maximum absolute atomic E-state index is 9.61. The lowest BCUT2D eigenvalue weighted by atomic mass is 10.0. The number of hydrazone groups is 1. The molecule has 0 aliphatic heterocycles. The van der Waals surface area contributed by atoms with E-state index < -0.39 is 0 Å². The second kappa shape index (κ2) is 6.49. The molecule has 0 saturated carbocycles. The predicted octanol–water partition coefficient (Wildman–Crippen LogP) is 2.74. The Labute approximate surface area is 130 Å². The average molecular weight is 350 g/mol. The molecule has 0 bridgehead atoms. The normalized spacial score (nSPS) is 11.2. The van der Waals surface area contributed by atoms with Crippen molar-refractivity contribution in [3.05, 3.63) is 64.1 Å². The average Bonchev–Trinajstić information content (AvgIpc) is 2.39. The second-order valence-corrected chi connectivity index (χ2v) is 5.35. The van der Waals surface area contributed by atoms with E-state index in [0.717, 1.165) is 15.6 Å². The molecule has 4 nitrogen and oxygen atoms in total. The highest BCUT2D eigenvalue weighted by Crippen LogP contribution is 2.18. The van der Waals surface area contributed by atoms with Crippen molar-refractivity contribution in [2.24, 2.45) is 10.8 Å². The molecular weight excluding hydrogens is 338 g/mol. The Hall–Kier alpha value is -1.92. The molecule has 6 heteroatoms. The summed E-state index contributed by atoms with van der Waals surface area (Å²) in [6.07, 6.45) is 0. The standard InChI is InChI=1S/C14H12BrN3OS/c15-11-5-1-3-9(7-11)13(17-18-14(16)20)10-4-2-6-12(19)8-10/h1-8,19H,(H3,16,18,20)/b17-13-. The molecule has 0 fully saturated rings. The molecular formula is C14H12BrN3OS. The molecule has 0 atom stereocenters. The van der Waals surface area contributed by atoms with Crippen molar-refractivity contribution in [1.29, 1.82) is 0 Å². The van der Waals surface area contributed by atoms with Gasteiger partial charge in [0.05, 0.1) is 5.71 Å². The number of hydrogen-bond acceptors (Lipinski definition) is 3. The van der Waals surface area contributed by atoms with Crippen molar-refractivity contribution in [2.45, 2.75) is 0 Å². The highest BCUT2D eigenvalue weighted by atomic mass is 79.9. The van der Waals surface area contributed by atoms with Gasteiger partial charge >= 0.3 is 0 Å². The fourth-order valence-corrected chi connectivity index (χ4v) is 2.14. The summed E-state index contributed by atoms with van der Waals surface area (Å²) in [5.74, 6) is 0.167. The van der Waals surface area contributed by atoms with Crippen molar-refractivity contribution in [3.63, 3.8) is 0 Å². The summed E-state index contributed by atoms with van der Waals surface area (Å²) < 4.78 is 0.929. The molecule has 4 N–H and O–H groups in total. The summed E-state index contributed by atoms with van der Waals surface area (Å²) in [7, 11) is 0. The largest absolute Gasteiger partial charge is 0.508 e. The number of aromatic hydroxyl groups is 1. The van der Waals surface area contributed by atoms with Crippen LogP contribution in [0.1, 0.15) is 11.1 Å². The van der Waals surface area contributed by atoms with Gasteiger partial charge in [-0.15, -0.1) is 0 Å². The van der Waals surface area contributed by atoms with E-state index in [1.165, 1.54) is 0 Å². The molecule has 0 aliphatic rings. The minimum atomic E-state index is 0.0812. The summed E-state index contributed by atoms with van der Waals surface area (Å²) in [4.78, 5) is 0. The summed E-state index contributed by atoms with van der Waals surface area (Å²) in [5.41, 5.74) is 10.3. The van der Waals surface area contributed by atoms with Gasteiger partial charge in [-0.25, -0.2) is 0 Å². The quantitative estimate of drug-likeness (QED) is 0.452. The Kier molecular flexibility index (Phi) is 4.70. The summed E-state index contributed by atoms with van der Waals surface area (Å²) in [6.45, 7) is 0. The zero-order valence-electron chi connectivity index (χ0n) is 10.4. The van der Waals surface area contributed by atoms with Crippen LogP contribution in [0.3, 0.4) is 0 Å². The molecule has 0 heterocycles. The van der Waals surface area contributed by atoms with Gasteiger partial charge in [-0.2, -0.15) is 5.10 Å². The molecule has 20 heavy (non-hydrogen) atoms. The van der Waals surface area contributed by atoms with Crippen LogP contribution in [0.2, 0.25) is 0 Å². The second-order valence-electron chi connectivity index (χ2n) is 4.00. The number of phenolic OH excluding ortho intramolecular Hbond substituents is 1. The zero-order valence-corrected chi connectivity index (χ0v) is 12.8. The Bertz CT molecular complexity index is 625. The minimum Gasteiger partial charge on any atom is -0.508 e. The molecule has 0 spiro atoms. The Morgan fingerprint density at radius 2 is 1.80 bits per heavy atom. The van der Waals surface area contributed by atoms with Gasteiger partial charge in [0.25, 0.3) is 0 Å². The van der Waals surface area contributed by atoms with E-state index in [1.54, 1.807) is 18.2 Å². The van der Waals surface area contributed by atoms with E-state index in [9.17, 15) is 5.11 Å². The first-order chi connectivity index (χ1) is 9.56. The SMILES string of the molecule is NC(=S)N/N=C(\c1cccc(O)c1)c1cccc(Br)c1. The van der Waals surface area contributed by atoms with E-state index in [0.29, 0.717) is 5.71 Å². The van der Waals surface area contributed by atoms with Crippen LogP contribution in [0.5, 0.6) is 5.75 Å². The summed E-state index contributed by atoms with van der Waals surface area (Å²) in [5, 5.41) is 13.9. The van der Waals surface area contributed by atoms with Gasteiger partial charge in [0, 0.05) is 15.6 Å². The van der Waals surface area contributed by atoms with E-state index >= 15 is 0 Å². The molecule has 2 aromatic carbocycles. The maximum atomic E-state index is 9.61. The number of thiocarbonyl (C=S) groups is 1. The van der Waals surface area contributed by atoms with Crippen LogP contribution in [0.4, 0.5) is 0 Å². The Morgan fingerprint density at radius 3 is 2.40 bits per heavy atom. The molecule has 0 unspecified atom stereocenters. The molecule has 102 valence electrons. The van der Waals surface area contributed by atoms with Crippen LogP contribution in [0, 0.1) is 0 Å². The van der Waals surface area contributed by atoms with Gasteiger partial charge in [-0.05, 0) is 36.5 Å².